The van der Waals surface area contributed by atoms with Gasteiger partial charge >= 0.3 is 12.1 Å². The van der Waals surface area contributed by atoms with Gasteiger partial charge in [0, 0.05) is 13.1 Å². The van der Waals surface area contributed by atoms with Crippen LogP contribution in [0.25, 0.3) is 22.3 Å². The Morgan fingerprint density at radius 1 is 1.18 bits per heavy atom. The van der Waals surface area contributed by atoms with Crippen molar-refractivity contribution in [3.05, 3.63) is 58.9 Å². The first-order valence-corrected chi connectivity index (χ1v) is 11.5. The summed E-state index contributed by atoms with van der Waals surface area (Å²) in [7, 11) is 0. The summed E-state index contributed by atoms with van der Waals surface area (Å²) < 4.78 is 7.22. The van der Waals surface area contributed by atoms with E-state index in [1.54, 1.807) is 9.58 Å². The summed E-state index contributed by atoms with van der Waals surface area (Å²) in [5, 5.41) is 15.6. The van der Waals surface area contributed by atoms with E-state index in [1.807, 2.05) is 71.0 Å². The van der Waals surface area contributed by atoms with Gasteiger partial charge in [0.15, 0.2) is 11.3 Å². The zero-order chi connectivity index (χ0) is 24.6. The third kappa shape index (κ3) is 4.40. The molecule has 3 aromatic rings. The number of ether oxygens (including phenoxy) is 1. The molecule has 0 bridgehead atoms. The molecule has 178 valence electrons. The Hall–Kier alpha value is -3.68. The number of amides is 1. The third-order valence-corrected chi connectivity index (χ3v) is 5.83. The number of rotatable bonds is 4. The second-order valence-electron chi connectivity index (χ2n) is 9.41. The van der Waals surface area contributed by atoms with Gasteiger partial charge in [0.2, 0.25) is 0 Å². The number of aromatic carboxylic acids is 1. The predicted octanol–water partition coefficient (Wildman–Crippen LogP) is 5.01. The van der Waals surface area contributed by atoms with Crippen LogP contribution in [0.3, 0.4) is 0 Å². The van der Waals surface area contributed by atoms with Crippen molar-refractivity contribution in [2.45, 2.75) is 53.1 Å². The van der Waals surface area contributed by atoms with Crippen LogP contribution in [-0.2, 0) is 11.2 Å². The van der Waals surface area contributed by atoms with Crippen LogP contribution < -0.4 is 0 Å². The van der Waals surface area contributed by atoms with Crippen LogP contribution >= 0.6 is 0 Å². The second kappa shape index (κ2) is 8.93. The average Bonchev–Trinajstić information content (AvgIpc) is 3.13. The zero-order valence-corrected chi connectivity index (χ0v) is 20.3. The van der Waals surface area contributed by atoms with Crippen molar-refractivity contribution in [1.29, 1.82) is 0 Å². The van der Waals surface area contributed by atoms with Gasteiger partial charge in [-0.05, 0) is 69.4 Å². The molecule has 34 heavy (non-hydrogen) atoms. The summed E-state index contributed by atoms with van der Waals surface area (Å²) in [5.41, 5.74) is 4.15. The normalized spacial score (nSPS) is 14.3. The lowest BCUT2D eigenvalue weighted by atomic mass is 9.90. The van der Waals surface area contributed by atoms with Gasteiger partial charge in [-0.25, -0.2) is 19.3 Å². The van der Waals surface area contributed by atoms with E-state index in [4.69, 9.17) is 9.84 Å². The van der Waals surface area contributed by atoms with Crippen LogP contribution in [0.2, 0.25) is 0 Å². The number of carbonyl (C=O) groups excluding carboxylic acids is 1. The van der Waals surface area contributed by atoms with Gasteiger partial charge in [-0.15, -0.1) is 0 Å². The Morgan fingerprint density at radius 2 is 1.88 bits per heavy atom. The van der Waals surface area contributed by atoms with Gasteiger partial charge < -0.3 is 14.7 Å². The fourth-order valence-electron chi connectivity index (χ4n) is 4.37. The molecule has 1 aliphatic heterocycles. The summed E-state index contributed by atoms with van der Waals surface area (Å²) in [6, 6.07) is 9.57. The van der Waals surface area contributed by atoms with Crippen molar-refractivity contribution in [2.24, 2.45) is 0 Å². The van der Waals surface area contributed by atoms with E-state index in [1.165, 1.54) is 0 Å². The molecule has 0 saturated carbocycles. The molecular weight excluding hydrogens is 432 g/mol. The highest BCUT2D eigenvalue weighted by Crippen LogP contribution is 2.36. The lowest BCUT2D eigenvalue weighted by molar-refractivity contribution is 0.0270. The zero-order valence-electron chi connectivity index (χ0n) is 20.3. The van der Waals surface area contributed by atoms with Crippen molar-refractivity contribution in [1.82, 2.24) is 19.7 Å². The molecule has 4 rings (SSSR count). The van der Waals surface area contributed by atoms with E-state index in [2.05, 4.69) is 4.98 Å². The Bertz CT molecular complexity index is 1290. The standard InChI is InChI=1S/C26H30N4O4/c1-6-19-21(17-12-14-29(15-13-17)25(33)34-26(3,4)5)20-16(2)28-30(18-10-8-7-9-11-18)23(20)27-22(19)24(31)32/h7-12H,6,13-15H2,1-5H3,(H,31,32). The molecule has 1 aliphatic rings. The quantitative estimate of drug-likeness (QED) is 0.585. The van der Waals surface area contributed by atoms with Gasteiger partial charge in [0.25, 0.3) is 0 Å². The molecule has 3 heterocycles. The summed E-state index contributed by atoms with van der Waals surface area (Å²) in [6.07, 6.45) is 2.74. The monoisotopic (exact) mass is 462 g/mol. The number of pyridine rings is 1. The highest BCUT2D eigenvalue weighted by molar-refractivity contribution is 6.00. The van der Waals surface area contributed by atoms with Crippen LogP contribution in [0.15, 0.2) is 36.4 Å². The lowest BCUT2D eigenvalue weighted by Crippen LogP contribution is -2.39. The number of aryl methyl sites for hydroxylation is 1. The number of carboxylic acids is 1. The fourth-order valence-corrected chi connectivity index (χ4v) is 4.37. The number of para-hydroxylation sites is 1. The molecule has 0 aliphatic carbocycles. The summed E-state index contributed by atoms with van der Waals surface area (Å²) in [5.74, 6) is -1.06. The Kier molecular flexibility index (Phi) is 6.17. The summed E-state index contributed by atoms with van der Waals surface area (Å²) in [4.78, 5) is 31.0. The van der Waals surface area contributed by atoms with Gasteiger partial charge in [-0.3, -0.25) is 0 Å². The van der Waals surface area contributed by atoms with Crippen LogP contribution in [0, 0.1) is 6.92 Å². The van der Waals surface area contributed by atoms with E-state index in [0.29, 0.717) is 37.1 Å². The third-order valence-electron chi connectivity index (χ3n) is 5.83. The van der Waals surface area contributed by atoms with Gasteiger partial charge in [-0.1, -0.05) is 31.2 Å². The van der Waals surface area contributed by atoms with Crippen LogP contribution in [0.5, 0.6) is 0 Å². The molecule has 2 aromatic heterocycles. The Balaban J connectivity index is 1.86. The molecule has 0 atom stereocenters. The number of benzene rings is 1. The topological polar surface area (TPSA) is 97.5 Å². The second-order valence-corrected chi connectivity index (χ2v) is 9.41. The van der Waals surface area contributed by atoms with Crippen LogP contribution in [0.4, 0.5) is 4.79 Å². The minimum atomic E-state index is -1.06. The van der Waals surface area contributed by atoms with Gasteiger partial charge in [0.05, 0.1) is 16.8 Å². The Morgan fingerprint density at radius 3 is 2.44 bits per heavy atom. The number of hydrogen-bond donors (Lipinski definition) is 1. The van der Waals surface area contributed by atoms with E-state index >= 15 is 0 Å². The SMILES string of the molecule is CCc1c(C(=O)O)nc2c(c(C)nn2-c2ccccc2)c1C1=CCN(C(=O)OC(C)(C)C)CC1. The molecule has 1 aromatic carbocycles. The Labute approximate surface area is 198 Å². The van der Waals surface area contributed by atoms with Crippen LogP contribution in [0.1, 0.15) is 61.4 Å². The van der Waals surface area contributed by atoms with Crippen molar-refractivity contribution in [2.75, 3.05) is 13.1 Å². The largest absolute Gasteiger partial charge is 0.477 e. The number of aromatic nitrogens is 3. The molecule has 8 nitrogen and oxygen atoms in total. The number of hydrogen-bond acceptors (Lipinski definition) is 5. The van der Waals surface area contributed by atoms with E-state index in [0.717, 1.165) is 27.9 Å². The maximum Gasteiger partial charge on any atom is 0.410 e. The number of nitrogens with zero attached hydrogens (tertiary/aromatic N) is 4. The van der Waals surface area contributed by atoms with E-state index < -0.39 is 11.6 Å². The minimum absolute atomic E-state index is 0.0394. The molecule has 0 unspecified atom stereocenters. The maximum atomic E-state index is 12.5. The summed E-state index contributed by atoms with van der Waals surface area (Å²) in [6.45, 7) is 10.3. The molecular formula is C26H30N4O4. The van der Waals surface area contributed by atoms with Gasteiger partial charge in [-0.2, -0.15) is 5.10 Å². The summed E-state index contributed by atoms with van der Waals surface area (Å²) >= 11 is 0. The fraction of sp³-hybridized carbons (Fsp3) is 0.385. The van der Waals surface area contributed by atoms with Crippen LogP contribution in [-0.4, -0.2) is 55.5 Å². The van der Waals surface area contributed by atoms with Crippen molar-refractivity contribution < 1.29 is 19.4 Å². The van der Waals surface area contributed by atoms with E-state index in [9.17, 15) is 14.7 Å². The van der Waals surface area contributed by atoms with Crippen molar-refractivity contribution in [3.8, 4) is 5.69 Å². The number of carbonyl (C=O) groups is 2. The predicted molar refractivity (Wildman–Crippen MR) is 130 cm³/mol. The number of fused-ring (bicyclic) bond motifs is 1. The smallest absolute Gasteiger partial charge is 0.410 e. The molecule has 0 spiro atoms. The first-order valence-electron chi connectivity index (χ1n) is 11.5. The maximum absolute atomic E-state index is 12.5. The molecule has 1 amide bonds. The minimum Gasteiger partial charge on any atom is -0.477 e. The first-order chi connectivity index (χ1) is 16.1. The van der Waals surface area contributed by atoms with Gasteiger partial charge in [0.1, 0.15) is 5.60 Å². The molecule has 1 N–H and O–H groups in total. The van der Waals surface area contributed by atoms with Crippen molar-refractivity contribution >= 4 is 28.7 Å². The van der Waals surface area contributed by atoms with Crippen molar-refractivity contribution in [3.63, 3.8) is 0 Å². The lowest BCUT2D eigenvalue weighted by Gasteiger charge is -2.30. The molecule has 0 radical (unpaired) electrons. The first kappa shape index (κ1) is 23.5. The molecule has 0 fully saturated rings. The average molecular weight is 463 g/mol. The number of carboxylic acid groups (broad SMARTS) is 1. The highest BCUT2D eigenvalue weighted by Gasteiger charge is 2.29. The molecule has 0 saturated heterocycles. The highest BCUT2D eigenvalue weighted by atomic mass is 16.6. The van der Waals surface area contributed by atoms with E-state index in [-0.39, 0.29) is 11.8 Å². The molecule has 8 heteroatoms.